The topological polar surface area (TPSA) is 61.4 Å². The van der Waals surface area contributed by atoms with Crippen LogP contribution in [0.2, 0.25) is 0 Å². The molecule has 0 atom stereocenters. The summed E-state index contributed by atoms with van der Waals surface area (Å²) in [5.41, 5.74) is 2.22. The Kier molecular flexibility index (Phi) is 7.16. The SMILES string of the molecule is CN(C)CCCNC(=O)c1ccc(CNC(=O)c2ccccc2)cc1. The third kappa shape index (κ3) is 6.39. The number of nitrogens with one attached hydrogen (secondary N) is 2. The van der Waals surface area contributed by atoms with Crippen molar-refractivity contribution in [2.24, 2.45) is 0 Å². The fourth-order valence-electron chi connectivity index (χ4n) is 2.35. The Hall–Kier alpha value is -2.66. The first-order chi connectivity index (χ1) is 12.1. The second-order valence-electron chi connectivity index (χ2n) is 6.16. The zero-order valence-corrected chi connectivity index (χ0v) is 14.8. The molecule has 5 heteroatoms. The molecule has 0 unspecified atom stereocenters. The average molecular weight is 339 g/mol. The molecular formula is C20H25N3O2. The van der Waals surface area contributed by atoms with E-state index in [0.717, 1.165) is 18.5 Å². The number of carbonyl (C=O) groups excluding carboxylic acids is 2. The van der Waals surface area contributed by atoms with E-state index in [1.54, 1.807) is 24.3 Å². The average Bonchev–Trinajstić information content (AvgIpc) is 2.64. The van der Waals surface area contributed by atoms with Crippen LogP contribution in [0.3, 0.4) is 0 Å². The largest absolute Gasteiger partial charge is 0.352 e. The predicted octanol–water partition coefficient (Wildman–Crippen LogP) is 2.30. The maximum absolute atomic E-state index is 12.1. The number of nitrogens with zero attached hydrogens (tertiary/aromatic N) is 1. The van der Waals surface area contributed by atoms with E-state index in [2.05, 4.69) is 15.5 Å². The van der Waals surface area contributed by atoms with Gasteiger partial charge in [-0.25, -0.2) is 0 Å². The van der Waals surface area contributed by atoms with Gasteiger partial charge in [0.25, 0.3) is 11.8 Å². The van der Waals surface area contributed by atoms with Gasteiger partial charge in [-0.05, 0) is 56.9 Å². The standard InChI is InChI=1S/C20H25N3O2/c1-23(2)14-6-13-21-19(24)18-11-9-16(10-12-18)15-22-20(25)17-7-4-3-5-8-17/h3-5,7-12H,6,13-15H2,1-2H3,(H,21,24)(H,22,25). The molecule has 0 aromatic heterocycles. The summed E-state index contributed by atoms with van der Waals surface area (Å²) < 4.78 is 0. The summed E-state index contributed by atoms with van der Waals surface area (Å²) >= 11 is 0. The molecule has 0 heterocycles. The minimum absolute atomic E-state index is 0.0707. The Balaban J connectivity index is 1.79. The second-order valence-corrected chi connectivity index (χ2v) is 6.16. The highest BCUT2D eigenvalue weighted by Gasteiger charge is 2.06. The van der Waals surface area contributed by atoms with Gasteiger partial charge in [-0.1, -0.05) is 30.3 Å². The van der Waals surface area contributed by atoms with Crippen LogP contribution >= 0.6 is 0 Å². The third-order valence-corrected chi connectivity index (χ3v) is 3.77. The van der Waals surface area contributed by atoms with Gasteiger partial charge in [-0.15, -0.1) is 0 Å². The van der Waals surface area contributed by atoms with E-state index in [0.29, 0.717) is 24.2 Å². The monoisotopic (exact) mass is 339 g/mol. The Morgan fingerprint density at radius 1 is 0.840 bits per heavy atom. The van der Waals surface area contributed by atoms with E-state index in [1.165, 1.54) is 0 Å². The first-order valence-corrected chi connectivity index (χ1v) is 8.41. The maximum atomic E-state index is 12.1. The van der Waals surface area contributed by atoms with Crippen LogP contribution in [0.5, 0.6) is 0 Å². The Morgan fingerprint density at radius 3 is 2.08 bits per heavy atom. The van der Waals surface area contributed by atoms with Crippen molar-refractivity contribution in [1.82, 2.24) is 15.5 Å². The van der Waals surface area contributed by atoms with Gasteiger partial charge in [0.2, 0.25) is 0 Å². The molecule has 5 nitrogen and oxygen atoms in total. The highest BCUT2D eigenvalue weighted by molar-refractivity contribution is 5.94. The van der Waals surface area contributed by atoms with E-state index < -0.39 is 0 Å². The fraction of sp³-hybridized carbons (Fsp3) is 0.300. The molecule has 2 aromatic carbocycles. The van der Waals surface area contributed by atoms with Gasteiger partial charge in [-0.3, -0.25) is 9.59 Å². The molecule has 0 saturated carbocycles. The molecular weight excluding hydrogens is 314 g/mol. The number of carbonyl (C=O) groups is 2. The van der Waals surface area contributed by atoms with E-state index in [-0.39, 0.29) is 11.8 Å². The Labute approximate surface area is 149 Å². The van der Waals surface area contributed by atoms with Crippen molar-refractivity contribution >= 4 is 11.8 Å². The molecule has 132 valence electrons. The summed E-state index contributed by atoms with van der Waals surface area (Å²) in [4.78, 5) is 26.2. The minimum Gasteiger partial charge on any atom is -0.352 e. The van der Waals surface area contributed by atoms with E-state index in [4.69, 9.17) is 0 Å². The van der Waals surface area contributed by atoms with E-state index in [9.17, 15) is 9.59 Å². The van der Waals surface area contributed by atoms with Crippen LogP contribution in [0.4, 0.5) is 0 Å². The molecule has 2 N–H and O–H groups in total. The van der Waals surface area contributed by atoms with Crippen LogP contribution in [0.15, 0.2) is 54.6 Å². The summed E-state index contributed by atoms with van der Waals surface area (Å²) in [6.45, 7) is 2.03. The smallest absolute Gasteiger partial charge is 0.251 e. The van der Waals surface area contributed by atoms with Crippen LogP contribution < -0.4 is 10.6 Å². The first kappa shape index (κ1) is 18.7. The zero-order valence-electron chi connectivity index (χ0n) is 14.8. The summed E-state index contributed by atoms with van der Waals surface area (Å²) in [5.74, 6) is -0.179. The summed E-state index contributed by atoms with van der Waals surface area (Å²) in [7, 11) is 4.02. The van der Waals surface area contributed by atoms with Gasteiger partial charge < -0.3 is 15.5 Å². The van der Waals surface area contributed by atoms with Crippen LogP contribution in [-0.4, -0.2) is 43.9 Å². The molecule has 2 rings (SSSR count). The number of rotatable bonds is 8. The molecule has 25 heavy (non-hydrogen) atoms. The number of hydrogen-bond donors (Lipinski definition) is 2. The second kappa shape index (κ2) is 9.59. The van der Waals surface area contributed by atoms with Crippen molar-refractivity contribution in [3.63, 3.8) is 0 Å². The molecule has 0 fully saturated rings. The van der Waals surface area contributed by atoms with Gasteiger partial charge in [0.05, 0.1) is 0 Å². The van der Waals surface area contributed by atoms with Crippen LogP contribution in [0, 0.1) is 0 Å². The Bertz CT molecular complexity index is 682. The first-order valence-electron chi connectivity index (χ1n) is 8.41. The lowest BCUT2D eigenvalue weighted by atomic mass is 10.1. The van der Waals surface area contributed by atoms with Crippen LogP contribution in [0.25, 0.3) is 0 Å². The molecule has 0 radical (unpaired) electrons. The van der Waals surface area contributed by atoms with Crippen molar-refractivity contribution in [3.05, 3.63) is 71.3 Å². The lowest BCUT2D eigenvalue weighted by Crippen LogP contribution is -2.27. The molecule has 2 aromatic rings. The maximum Gasteiger partial charge on any atom is 0.251 e. The lowest BCUT2D eigenvalue weighted by molar-refractivity contribution is 0.0942. The predicted molar refractivity (Wildman–Crippen MR) is 99.6 cm³/mol. The van der Waals surface area contributed by atoms with E-state index >= 15 is 0 Å². The molecule has 2 amide bonds. The van der Waals surface area contributed by atoms with Crippen LogP contribution in [-0.2, 0) is 6.54 Å². The molecule has 0 spiro atoms. The highest BCUT2D eigenvalue weighted by Crippen LogP contribution is 2.05. The molecule has 0 bridgehead atoms. The third-order valence-electron chi connectivity index (χ3n) is 3.77. The van der Waals surface area contributed by atoms with Crippen LogP contribution in [0.1, 0.15) is 32.7 Å². The summed E-state index contributed by atoms with van der Waals surface area (Å²) in [6.07, 6.45) is 0.919. The normalized spacial score (nSPS) is 10.5. The molecule has 0 saturated heterocycles. The quantitative estimate of drug-likeness (QED) is 0.726. The fourth-order valence-corrected chi connectivity index (χ4v) is 2.35. The zero-order chi connectivity index (χ0) is 18.1. The Morgan fingerprint density at radius 2 is 1.44 bits per heavy atom. The van der Waals surface area contributed by atoms with Gasteiger partial charge in [-0.2, -0.15) is 0 Å². The van der Waals surface area contributed by atoms with Crippen molar-refractivity contribution in [2.45, 2.75) is 13.0 Å². The summed E-state index contributed by atoms with van der Waals surface area (Å²) in [5, 5.41) is 5.78. The summed E-state index contributed by atoms with van der Waals surface area (Å²) in [6, 6.07) is 16.4. The van der Waals surface area contributed by atoms with Gasteiger partial charge in [0.15, 0.2) is 0 Å². The lowest BCUT2D eigenvalue weighted by Gasteiger charge is -2.10. The van der Waals surface area contributed by atoms with E-state index in [1.807, 2.05) is 44.4 Å². The molecule has 0 aliphatic rings. The number of benzene rings is 2. The van der Waals surface area contributed by atoms with Crippen molar-refractivity contribution in [1.29, 1.82) is 0 Å². The highest BCUT2D eigenvalue weighted by atomic mass is 16.2. The van der Waals surface area contributed by atoms with Crippen molar-refractivity contribution in [3.8, 4) is 0 Å². The number of hydrogen-bond acceptors (Lipinski definition) is 3. The van der Waals surface area contributed by atoms with Gasteiger partial charge in [0, 0.05) is 24.2 Å². The van der Waals surface area contributed by atoms with Crippen molar-refractivity contribution < 1.29 is 9.59 Å². The van der Waals surface area contributed by atoms with Crippen molar-refractivity contribution in [2.75, 3.05) is 27.2 Å². The molecule has 0 aliphatic heterocycles. The molecule has 0 aliphatic carbocycles. The minimum atomic E-state index is -0.108. The van der Waals surface area contributed by atoms with Gasteiger partial charge >= 0.3 is 0 Å². The number of amides is 2. The van der Waals surface area contributed by atoms with Gasteiger partial charge in [0.1, 0.15) is 0 Å².